The maximum absolute atomic E-state index is 12.6. The quantitative estimate of drug-likeness (QED) is 0.636. The third-order valence-electron chi connectivity index (χ3n) is 1.22. The standard InChI is InChI=1S/C7H7FO2S/c1-10-7(9)4-6-5(8)2-3-11-6/h2-3H,4H2,1H3. The Hall–Kier alpha value is -0.900. The minimum absolute atomic E-state index is 0.0278. The number of hydrogen-bond acceptors (Lipinski definition) is 3. The molecule has 0 aromatic carbocycles. The van der Waals surface area contributed by atoms with E-state index in [1.807, 2.05) is 0 Å². The highest BCUT2D eigenvalue weighted by atomic mass is 32.1. The van der Waals surface area contributed by atoms with Crippen LogP contribution in [0.3, 0.4) is 0 Å². The fourth-order valence-electron chi connectivity index (χ4n) is 0.654. The van der Waals surface area contributed by atoms with Crippen LogP contribution in [0.2, 0.25) is 0 Å². The summed E-state index contributed by atoms with van der Waals surface area (Å²) in [7, 11) is 1.29. The number of carbonyl (C=O) groups excluding carboxylic acids is 1. The predicted molar refractivity (Wildman–Crippen MR) is 40.0 cm³/mol. The summed E-state index contributed by atoms with van der Waals surface area (Å²) in [5.74, 6) is -0.744. The molecule has 1 rings (SSSR count). The fourth-order valence-corrected chi connectivity index (χ4v) is 1.39. The van der Waals surface area contributed by atoms with Gasteiger partial charge in [0.2, 0.25) is 0 Å². The largest absolute Gasteiger partial charge is 0.469 e. The van der Waals surface area contributed by atoms with E-state index in [0.717, 1.165) is 0 Å². The lowest BCUT2D eigenvalue weighted by Crippen LogP contribution is -2.03. The summed E-state index contributed by atoms with van der Waals surface area (Å²) in [4.78, 5) is 11.1. The van der Waals surface area contributed by atoms with Crippen LogP contribution in [0.15, 0.2) is 11.4 Å². The number of thiophene rings is 1. The molecule has 0 amide bonds. The third kappa shape index (κ3) is 2.01. The molecule has 0 unspecified atom stereocenters. The van der Waals surface area contributed by atoms with E-state index in [-0.39, 0.29) is 12.2 Å². The molecule has 4 heteroatoms. The van der Waals surface area contributed by atoms with Crippen LogP contribution in [0.25, 0.3) is 0 Å². The van der Waals surface area contributed by atoms with Crippen molar-refractivity contribution in [2.75, 3.05) is 7.11 Å². The Morgan fingerprint density at radius 1 is 1.82 bits per heavy atom. The van der Waals surface area contributed by atoms with Crippen LogP contribution in [0.1, 0.15) is 4.88 Å². The lowest BCUT2D eigenvalue weighted by atomic mass is 10.3. The van der Waals surface area contributed by atoms with E-state index in [0.29, 0.717) is 4.88 Å². The van der Waals surface area contributed by atoms with Gasteiger partial charge in [0.1, 0.15) is 5.82 Å². The lowest BCUT2D eigenvalue weighted by Gasteiger charge is -1.94. The van der Waals surface area contributed by atoms with Crippen LogP contribution in [-0.4, -0.2) is 13.1 Å². The molecular formula is C7H7FO2S. The van der Waals surface area contributed by atoms with Crippen molar-refractivity contribution in [3.8, 4) is 0 Å². The maximum atomic E-state index is 12.6. The fraction of sp³-hybridized carbons (Fsp3) is 0.286. The van der Waals surface area contributed by atoms with Crippen LogP contribution < -0.4 is 0 Å². The zero-order chi connectivity index (χ0) is 8.27. The van der Waals surface area contributed by atoms with Crippen LogP contribution in [0.5, 0.6) is 0 Å². The molecule has 0 bridgehead atoms. The second-order valence-corrected chi connectivity index (χ2v) is 2.95. The van der Waals surface area contributed by atoms with E-state index in [1.165, 1.54) is 24.5 Å². The first-order chi connectivity index (χ1) is 5.24. The van der Waals surface area contributed by atoms with Crippen molar-refractivity contribution < 1.29 is 13.9 Å². The zero-order valence-corrected chi connectivity index (χ0v) is 6.78. The summed E-state index contributed by atoms with van der Waals surface area (Å²) < 4.78 is 17.0. The zero-order valence-electron chi connectivity index (χ0n) is 5.96. The van der Waals surface area contributed by atoms with E-state index < -0.39 is 5.97 Å². The summed E-state index contributed by atoms with van der Waals surface area (Å²) in [5, 5.41) is 1.60. The molecule has 0 saturated carbocycles. The van der Waals surface area contributed by atoms with Crippen molar-refractivity contribution in [1.29, 1.82) is 0 Å². The van der Waals surface area contributed by atoms with E-state index in [9.17, 15) is 9.18 Å². The van der Waals surface area contributed by atoms with Crippen LogP contribution in [0.4, 0.5) is 4.39 Å². The number of carbonyl (C=O) groups is 1. The van der Waals surface area contributed by atoms with E-state index in [2.05, 4.69) is 4.74 Å². The molecule has 0 aliphatic rings. The summed E-state index contributed by atoms with van der Waals surface area (Å²) in [6, 6.07) is 1.34. The highest BCUT2D eigenvalue weighted by Gasteiger charge is 2.08. The predicted octanol–water partition coefficient (Wildman–Crippen LogP) is 1.60. The van der Waals surface area contributed by atoms with Crippen LogP contribution >= 0.6 is 11.3 Å². The van der Waals surface area contributed by atoms with Gasteiger partial charge in [-0.15, -0.1) is 11.3 Å². The molecule has 2 nitrogen and oxygen atoms in total. The number of esters is 1. The monoisotopic (exact) mass is 174 g/mol. The van der Waals surface area contributed by atoms with Gasteiger partial charge in [0.15, 0.2) is 0 Å². The van der Waals surface area contributed by atoms with E-state index >= 15 is 0 Å². The van der Waals surface area contributed by atoms with Gasteiger partial charge in [0.05, 0.1) is 18.4 Å². The third-order valence-corrected chi connectivity index (χ3v) is 2.12. The van der Waals surface area contributed by atoms with Crippen molar-refractivity contribution in [2.45, 2.75) is 6.42 Å². The second-order valence-electron chi connectivity index (χ2n) is 1.94. The Labute approximate surface area is 67.6 Å². The summed E-state index contributed by atoms with van der Waals surface area (Å²) in [6.07, 6.45) is 0.0278. The number of hydrogen-bond donors (Lipinski definition) is 0. The van der Waals surface area contributed by atoms with Gasteiger partial charge < -0.3 is 4.74 Å². The maximum Gasteiger partial charge on any atom is 0.310 e. The molecule has 0 radical (unpaired) electrons. The molecule has 0 atom stereocenters. The second kappa shape index (κ2) is 3.48. The van der Waals surface area contributed by atoms with Gasteiger partial charge in [-0.2, -0.15) is 0 Å². The van der Waals surface area contributed by atoms with Gasteiger partial charge in [0, 0.05) is 0 Å². The highest BCUT2D eigenvalue weighted by Crippen LogP contribution is 2.15. The molecule has 1 aromatic heterocycles. The van der Waals surface area contributed by atoms with Crippen molar-refractivity contribution in [2.24, 2.45) is 0 Å². The van der Waals surface area contributed by atoms with Gasteiger partial charge in [-0.25, -0.2) is 4.39 Å². The SMILES string of the molecule is COC(=O)Cc1sccc1F. The van der Waals surface area contributed by atoms with Crippen molar-refractivity contribution in [3.63, 3.8) is 0 Å². The first-order valence-electron chi connectivity index (χ1n) is 3.02. The Morgan fingerprint density at radius 2 is 2.55 bits per heavy atom. The molecular weight excluding hydrogens is 167 g/mol. The Balaban J connectivity index is 2.64. The number of halogens is 1. The van der Waals surface area contributed by atoms with Gasteiger partial charge >= 0.3 is 5.97 Å². The minimum atomic E-state index is -0.411. The van der Waals surface area contributed by atoms with Gasteiger partial charge in [-0.1, -0.05) is 0 Å². The van der Waals surface area contributed by atoms with Crippen molar-refractivity contribution in [3.05, 3.63) is 22.1 Å². The molecule has 0 fully saturated rings. The number of methoxy groups -OCH3 is 1. The van der Waals surface area contributed by atoms with Crippen LogP contribution in [-0.2, 0) is 16.0 Å². The molecule has 1 aromatic rings. The van der Waals surface area contributed by atoms with Gasteiger partial charge in [0.25, 0.3) is 0 Å². The smallest absolute Gasteiger partial charge is 0.310 e. The molecule has 11 heavy (non-hydrogen) atoms. The molecule has 1 heterocycles. The molecule has 0 aliphatic heterocycles. The molecule has 0 spiro atoms. The van der Waals surface area contributed by atoms with E-state index in [4.69, 9.17) is 0 Å². The summed E-state index contributed by atoms with van der Waals surface area (Å²) >= 11 is 1.22. The first-order valence-corrected chi connectivity index (χ1v) is 3.90. The first kappa shape index (κ1) is 8.20. The molecule has 0 aliphatic carbocycles. The number of ether oxygens (including phenoxy) is 1. The lowest BCUT2D eigenvalue weighted by molar-refractivity contribution is -0.139. The molecule has 60 valence electrons. The Bertz CT molecular complexity index is 257. The highest BCUT2D eigenvalue weighted by molar-refractivity contribution is 7.10. The average molecular weight is 174 g/mol. The van der Waals surface area contributed by atoms with Gasteiger partial charge in [-0.3, -0.25) is 4.79 Å². The van der Waals surface area contributed by atoms with E-state index in [1.54, 1.807) is 5.38 Å². The molecule has 0 N–H and O–H groups in total. The topological polar surface area (TPSA) is 26.3 Å². The summed E-state index contributed by atoms with van der Waals surface area (Å²) in [6.45, 7) is 0. The van der Waals surface area contributed by atoms with Crippen molar-refractivity contribution in [1.82, 2.24) is 0 Å². The van der Waals surface area contributed by atoms with Crippen LogP contribution in [0, 0.1) is 5.82 Å². The average Bonchev–Trinajstić information content (AvgIpc) is 2.37. The van der Waals surface area contributed by atoms with Crippen molar-refractivity contribution >= 4 is 17.3 Å². The Morgan fingerprint density at radius 3 is 3.00 bits per heavy atom. The normalized spacial score (nSPS) is 9.64. The minimum Gasteiger partial charge on any atom is -0.469 e. The Kier molecular flexibility index (Phi) is 2.59. The molecule has 0 saturated heterocycles. The van der Waals surface area contributed by atoms with Gasteiger partial charge in [-0.05, 0) is 11.4 Å². The summed E-state index contributed by atoms with van der Waals surface area (Å²) in [5.41, 5.74) is 0. The number of rotatable bonds is 2.